The van der Waals surface area contributed by atoms with Crippen LogP contribution in [0.15, 0.2) is 35.8 Å². The number of nitrogens with zero attached hydrogens (tertiary/aromatic N) is 1. The normalized spacial score (nSPS) is 14.6. The van der Waals surface area contributed by atoms with E-state index in [2.05, 4.69) is 22.9 Å². The van der Waals surface area contributed by atoms with Crippen LogP contribution in [0.4, 0.5) is 0 Å². The van der Waals surface area contributed by atoms with E-state index in [-0.39, 0.29) is 12.1 Å². The lowest BCUT2D eigenvalue weighted by molar-refractivity contribution is 0.157. The third kappa shape index (κ3) is 3.45. The third-order valence-electron chi connectivity index (χ3n) is 3.13. The van der Waals surface area contributed by atoms with Gasteiger partial charge in [-0.3, -0.25) is 0 Å². The Hall–Kier alpha value is -1.10. The van der Waals surface area contributed by atoms with Gasteiger partial charge in [0.05, 0.1) is 6.10 Å². The van der Waals surface area contributed by atoms with Gasteiger partial charge >= 0.3 is 0 Å². The maximum absolute atomic E-state index is 10.1. The predicted molar refractivity (Wildman–Crippen MR) is 75.6 cm³/mol. The second kappa shape index (κ2) is 6.18. The van der Waals surface area contributed by atoms with Crippen LogP contribution >= 0.6 is 11.3 Å². The molecule has 2 aromatic rings. The Balaban J connectivity index is 1.79. The molecular formula is C14H20N2OS. The number of thiophene rings is 1. The van der Waals surface area contributed by atoms with Crippen LogP contribution in [-0.2, 0) is 13.6 Å². The Morgan fingerprint density at radius 3 is 2.83 bits per heavy atom. The molecule has 0 aliphatic heterocycles. The first-order valence-corrected chi connectivity index (χ1v) is 7.10. The summed E-state index contributed by atoms with van der Waals surface area (Å²) in [5.74, 6) is 0. The van der Waals surface area contributed by atoms with Crippen LogP contribution in [0, 0.1) is 0 Å². The monoisotopic (exact) mass is 264 g/mol. The van der Waals surface area contributed by atoms with Crippen molar-refractivity contribution in [1.29, 1.82) is 0 Å². The molecule has 2 unspecified atom stereocenters. The molecule has 0 saturated heterocycles. The van der Waals surface area contributed by atoms with Gasteiger partial charge in [-0.25, -0.2) is 0 Å². The predicted octanol–water partition coefficient (Wildman–Crippen LogP) is 2.69. The van der Waals surface area contributed by atoms with E-state index in [0.29, 0.717) is 0 Å². The van der Waals surface area contributed by atoms with Crippen LogP contribution in [0.3, 0.4) is 0 Å². The van der Waals surface area contributed by atoms with Gasteiger partial charge in [0.15, 0.2) is 0 Å². The molecule has 2 aromatic heterocycles. The summed E-state index contributed by atoms with van der Waals surface area (Å²) in [6, 6.07) is 8.40. The fraction of sp³-hybridized carbons (Fsp3) is 0.429. The molecule has 0 aromatic carbocycles. The number of aryl methyl sites for hydroxylation is 1. The van der Waals surface area contributed by atoms with Gasteiger partial charge in [-0.1, -0.05) is 6.07 Å². The Bertz CT molecular complexity index is 464. The van der Waals surface area contributed by atoms with Crippen molar-refractivity contribution in [3.8, 4) is 0 Å². The number of aromatic nitrogens is 1. The molecular weight excluding hydrogens is 244 g/mol. The lowest BCUT2D eigenvalue weighted by Gasteiger charge is -2.17. The molecule has 2 rings (SSSR count). The van der Waals surface area contributed by atoms with E-state index < -0.39 is 0 Å². The molecule has 4 heteroatoms. The number of hydrogen-bond donors (Lipinski definition) is 2. The Morgan fingerprint density at radius 1 is 1.39 bits per heavy atom. The van der Waals surface area contributed by atoms with Gasteiger partial charge in [-0.2, -0.15) is 0 Å². The van der Waals surface area contributed by atoms with Crippen molar-refractivity contribution < 1.29 is 5.11 Å². The second-order valence-electron chi connectivity index (χ2n) is 4.66. The topological polar surface area (TPSA) is 37.2 Å². The van der Waals surface area contributed by atoms with Crippen molar-refractivity contribution in [2.45, 2.75) is 32.0 Å². The largest absolute Gasteiger partial charge is 0.388 e. The number of aliphatic hydroxyl groups excluding tert-OH is 1. The van der Waals surface area contributed by atoms with Crippen molar-refractivity contribution in [3.05, 3.63) is 46.4 Å². The maximum atomic E-state index is 10.1. The Morgan fingerprint density at radius 2 is 2.22 bits per heavy atom. The number of hydrogen-bond acceptors (Lipinski definition) is 3. The summed E-state index contributed by atoms with van der Waals surface area (Å²) in [5.41, 5.74) is 1.26. The van der Waals surface area contributed by atoms with E-state index in [1.54, 1.807) is 11.3 Å². The SMILES string of the molecule is CC(CC(O)c1cccs1)NCc1cccn1C. The molecule has 0 radical (unpaired) electrons. The van der Waals surface area contributed by atoms with E-state index >= 15 is 0 Å². The maximum Gasteiger partial charge on any atom is 0.0896 e. The molecule has 3 nitrogen and oxygen atoms in total. The van der Waals surface area contributed by atoms with Crippen molar-refractivity contribution in [1.82, 2.24) is 9.88 Å². The Kier molecular flexibility index (Phi) is 4.58. The highest BCUT2D eigenvalue weighted by atomic mass is 32.1. The lowest BCUT2D eigenvalue weighted by atomic mass is 10.1. The molecule has 98 valence electrons. The van der Waals surface area contributed by atoms with Crippen LogP contribution in [-0.4, -0.2) is 15.7 Å². The van der Waals surface area contributed by atoms with Crippen molar-refractivity contribution in [3.63, 3.8) is 0 Å². The minimum absolute atomic E-state index is 0.289. The van der Waals surface area contributed by atoms with E-state index in [1.165, 1.54) is 5.69 Å². The van der Waals surface area contributed by atoms with E-state index in [9.17, 15) is 5.11 Å². The van der Waals surface area contributed by atoms with Gasteiger partial charge in [0.1, 0.15) is 0 Å². The highest BCUT2D eigenvalue weighted by molar-refractivity contribution is 7.10. The van der Waals surface area contributed by atoms with Crippen LogP contribution in [0.25, 0.3) is 0 Å². The van der Waals surface area contributed by atoms with Crippen LogP contribution in [0.1, 0.15) is 30.0 Å². The fourth-order valence-corrected chi connectivity index (χ4v) is 2.70. The summed E-state index contributed by atoms with van der Waals surface area (Å²) >= 11 is 1.61. The van der Waals surface area contributed by atoms with Crippen molar-refractivity contribution >= 4 is 11.3 Å². The van der Waals surface area contributed by atoms with Gasteiger partial charge in [-0.15, -0.1) is 11.3 Å². The molecule has 0 amide bonds. The molecule has 0 spiro atoms. The van der Waals surface area contributed by atoms with Crippen LogP contribution in [0.5, 0.6) is 0 Å². The lowest BCUT2D eigenvalue weighted by Crippen LogP contribution is -2.28. The van der Waals surface area contributed by atoms with Crippen LogP contribution < -0.4 is 5.32 Å². The molecule has 0 bridgehead atoms. The van der Waals surface area contributed by atoms with E-state index in [0.717, 1.165) is 17.8 Å². The van der Waals surface area contributed by atoms with Crippen molar-refractivity contribution in [2.75, 3.05) is 0 Å². The van der Waals surface area contributed by atoms with Gasteiger partial charge in [0.2, 0.25) is 0 Å². The van der Waals surface area contributed by atoms with Gasteiger partial charge in [-0.05, 0) is 36.9 Å². The molecule has 2 N–H and O–H groups in total. The second-order valence-corrected chi connectivity index (χ2v) is 5.64. The molecule has 18 heavy (non-hydrogen) atoms. The summed E-state index contributed by atoms with van der Waals surface area (Å²) in [6.07, 6.45) is 2.42. The summed E-state index contributed by atoms with van der Waals surface area (Å²) < 4.78 is 2.11. The summed E-state index contributed by atoms with van der Waals surface area (Å²) in [4.78, 5) is 1.04. The van der Waals surface area contributed by atoms with Crippen molar-refractivity contribution in [2.24, 2.45) is 7.05 Å². The van der Waals surface area contributed by atoms with Crippen LogP contribution in [0.2, 0.25) is 0 Å². The zero-order valence-electron chi connectivity index (χ0n) is 10.8. The minimum atomic E-state index is -0.360. The standard InChI is InChI=1S/C14H20N2OS/c1-11(9-13(17)14-6-4-8-18-14)15-10-12-5-3-7-16(12)2/h3-8,11,13,15,17H,9-10H2,1-2H3. The molecule has 0 aliphatic carbocycles. The van der Waals surface area contributed by atoms with Gasteiger partial charge in [0.25, 0.3) is 0 Å². The first kappa shape index (κ1) is 13.3. The number of rotatable bonds is 6. The molecule has 2 atom stereocenters. The average molecular weight is 264 g/mol. The number of aliphatic hydroxyl groups is 1. The highest BCUT2D eigenvalue weighted by Crippen LogP contribution is 2.22. The van der Waals surface area contributed by atoms with E-state index in [1.807, 2.05) is 36.8 Å². The summed E-state index contributed by atoms with van der Waals surface area (Å²) in [5, 5.41) is 15.5. The number of nitrogens with one attached hydrogen (secondary N) is 1. The average Bonchev–Trinajstić information content (AvgIpc) is 2.97. The molecule has 2 heterocycles. The summed E-state index contributed by atoms with van der Waals surface area (Å²) in [6.45, 7) is 2.95. The molecule has 0 saturated carbocycles. The smallest absolute Gasteiger partial charge is 0.0896 e. The zero-order valence-corrected chi connectivity index (χ0v) is 11.7. The molecule has 0 fully saturated rings. The van der Waals surface area contributed by atoms with Gasteiger partial charge < -0.3 is 15.0 Å². The first-order chi connectivity index (χ1) is 8.66. The highest BCUT2D eigenvalue weighted by Gasteiger charge is 2.13. The van der Waals surface area contributed by atoms with Gasteiger partial charge in [0, 0.05) is 36.4 Å². The fourth-order valence-electron chi connectivity index (χ4n) is 1.97. The third-order valence-corrected chi connectivity index (χ3v) is 4.10. The Labute approximate surface area is 112 Å². The zero-order chi connectivity index (χ0) is 13.0. The minimum Gasteiger partial charge on any atom is -0.388 e. The first-order valence-electron chi connectivity index (χ1n) is 6.22. The molecule has 0 aliphatic rings. The summed E-state index contributed by atoms with van der Waals surface area (Å²) in [7, 11) is 2.04. The quantitative estimate of drug-likeness (QED) is 0.841. The van der Waals surface area contributed by atoms with E-state index in [4.69, 9.17) is 0 Å².